The van der Waals surface area contributed by atoms with E-state index in [1.54, 1.807) is 36.5 Å². The molecule has 0 saturated carbocycles. The molecule has 0 N–H and O–H groups in total. The second-order valence-corrected chi connectivity index (χ2v) is 8.60. The minimum Gasteiger partial charge on any atom is -0.489 e. The van der Waals surface area contributed by atoms with Gasteiger partial charge in [-0.3, -0.25) is 4.79 Å². The van der Waals surface area contributed by atoms with Gasteiger partial charge in [0, 0.05) is 36.5 Å². The Morgan fingerprint density at radius 2 is 1.80 bits per heavy atom. The van der Waals surface area contributed by atoms with Crippen molar-refractivity contribution < 1.29 is 9.53 Å². The molecule has 0 radical (unpaired) electrons. The van der Waals surface area contributed by atoms with Gasteiger partial charge in [0.15, 0.2) is 0 Å². The molecule has 4 rings (SSSR count). The molecule has 150 valence electrons. The third-order valence-electron chi connectivity index (χ3n) is 4.43. The van der Waals surface area contributed by atoms with Gasteiger partial charge < -0.3 is 4.74 Å². The molecule has 0 aliphatic rings. The second kappa shape index (κ2) is 9.20. The lowest BCUT2D eigenvalue weighted by Crippen LogP contribution is -2.12. The van der Waals surface area contributed by atoms with E-state index in [0.29, 0.717) is 33.7 Å². The fourth-order valence-electron chi connectivity index (χ4n) is 2.86. The zero-order valence-corrected chi connectivity index (χ0v) is 19.2. The van der Waals surface area contributed by atoms with E-state index in [2.05, 4.69) is 27.7 Å². The lowest BCUT2D eigenvalue weighted by atomic mass is 10.1. The van der Waals surface area contributed by atoms with E-state index in [1.807, 2.05) is 42.5 Å². The number of hydrogen-bond donors (Lipinski definition) is 0. The van der Waals surface area contributed by atoms with Gasteiger partial charge in [-0.15, -0.1) is 0 Å². The Bertz CT molecular complexity index is 1210. The molecule has 0 amide bonds. The van der Waals surface area contributed by atoms with E-state index in [1.165, 1.54) is 4.68 Å². The van der Waals surface area contributed by atoms with Gasteiger partial charge in [-0.05, 0) is 77.2 Å². The van der Waals surface area contributed by atoms with Crippen LogP contribution in [0.25, 0.3) is 11.3 Å². The van der Waals surface area contributed by atoms with Crippen LogP contribution in [0.2, 0.25) is 10.0 Å². The van der Waals surface area contributed by atoms with Crippen molar-refractivity contribution in [1.29, 1.82) is 0 Å². The van der Waals surface area contributed by atoms with Crippen LogP contribution in [0, 0.1) is 3.57 Å². The van der Waals surface area contributed by atoms with Gasteiger partial charge in [0.2, 0.25) is 0 Å². The standard InChI is InChI=1S/C23H15Cl2IN2O2/c24-18-7-4-17(21(25)13-18)14-30-20-3-1-2-16(12-20)22-10-11-28(27-22)23(29)15-5-8-19(26)9-6-15/h1-13H,14H2. The average molecular weight is 549 g/mol. The van der Waals surface area contributed by atoms with Crippen molar-refractivity contribution in [3.8, 4) is 17.0 Å². The number of nitrogens with zero attached hydrogens (tertiary/aromatic N) is 2. The smallest absolute Gasteiger partial charge is 0.278 e. The Labute approximate surface area is 197 Å². The summed E-state index contributed by atoms with van der Waals surface area (Å²) in [6.45, 7) is 0.319. The van der Waals surface area contributed by atoms with E-state index < -0.39 is 0 Å². The van der Waals surface area contributed by atoms with Gasteiger partial charge in [-0.1, -0.05) is 41.4 Å². The molecule has 1 aromatic heterocycles. The van der Waals surface area contributed by atoms with Gasteiger partial charge in [-0.25, -0.2) is 4.68 Å². The summed E-state index contributed by atoms with van der Waals surface area (Å²) in [5.74, 6) is 0.500. The molecule has 0 fully saturated rings. The fraction of sp³-hybridized carbons (Fsp3) is 0.0435. The minimum absolute atomic E-state index is 0.178. The first-order valence-electron chi connectivity index (χ1n) is 9.03. The van der Waals surface area contributed by atoms with Gasteiger partial charge in [0.05, 0.1) is 5.69 Å². The van der Waals surface area contributed by atoms with Crippen LogP contribution in [-0.4, -0.2) is 15.7 Å². The van der Waals surface area contributed by atoms with Crippen LogP contribution in [-0.2, 0) is 6.61 Å². The van der Waals surface area contributed by atoms with E-state index in [9.17, 15) is 4.79 Å². The van der Waals surface area contributed by atoms with Crippen LogP contribution >= 0.6 is 45.8 Å². The van der Waals surface area contributed by atoms with Crippen LogP contribution in [0.1, 0.15) is 15.9 Å². The Morgan fingerprint density at radius 1 is 1.00 bits per heavy atom. The van der Waals surface area contributed by atoms with E-state index in [0.717, 1.165) is 14.7 Å². The molecule has 0 bridgehead atoms. The molecule has 1 heterocycles. The van der Waals surface area contributed by atoms with Gasteiger partial charge >= 0.3 is 0 Å². The van der Waals surface area contributed by atoms with E-state index in [-0.39, 0.29) is 5.91 Å². The predicted molar refractivity (Wildman–Crippen MR) is 127 cm³/mol. The van der Waals surface area contributed by atoms with Gasteiger partial charge in [0.25, 0.3) is 5.91 Å². The van der Waals surface area contributed by atoms with Crippen LogP contribution in [0.15, 0.2) is 79.0 Å². The molecule has 0 saturated heterocycles. The quantitative estimate of drug-likeness (QED) is 0.260. The van der Waals surface area contributed by atoms with Crippen molar-refractivity contribution in [1.82, 2.24) is 9.78 Å². The monoisotopic (exact) mass is 548 g/mol. The summed E-state index contributed by atoms with van der Waals surface area (Å²) >= 11 is 14.3. The summed E-state index contributed by atoms with van der Waals surface area (Å²) in [6, 6.07) is 22.0. The maximum Gasteiger partial charge on any atom is 0.278 e. The molecule has 0 atom stereocenters. The zero-order chi connectivity index (χ0) is 21.1. The van der Waals surface area contributed by atoms with E-state index >= 15 is 0 Å². The third-order valence-corrected chi connectivity index (χ3v) is 5.73. The molecule has 7 heteroatoms. The molecule has 30 heavy (non-hydrogen) atoms. The maximum atomic E-state index is 12.6. The lowest BCUT2D eigenvalue weighted by molar-refractivity contribution is 0.0945. The highest BCUT2D eigenvalue weighted by atomic mass is 127. The largest absolute Gasteiger partial charge is 0.489 e. The third kappa shape index (κ3) is 4.86. The second-order valence-electron chi connectivity index (χ2n) is 6.51. The molecular weight excluding hydrogens is 534 g/mol. The molecule has 4 aromatic rings. The summed E-state index contributed by atoms with van der Waals surface area (Å²) in [7, 11) is 0. The molecule has 0 aliphatic heterocycles. The number of aromatic nitrogens is 2. The summed E-state index contributed by atoms with van der Waals surface area (Å²) < 4.78 is 8.30. The van der Waals surface area contributed by atoms with Crippen molar-refractivity contribution >= 4 is 51.7 Å². The number of carbonyl (C=O) groups is 1. The zero-order valence-electron chi connectivity index (χ0n) is 15.6. The first-order valence-corrected chi connectivity index (χ1v) is 10.9. The number of halogens is 3. The number of carbonyl (C=O) groups excluding carboxylic acids is 1. The first-order chi connectivity index (χ1) is 14.5. The Balaban J connectivity index is 1.50. The first kappa shape index (κ1) is 20.9. The average Bonchev–Trinajstić information content (AvgIpc) is 3.24. The SMILES string of the molecule is O=C(c1ccc(I)cc1)n1ccc(-c2cccc(OCc3ccc(Cl)cc3Cl)c2)n1. The number of ether oxygens (including phenoxy) is 1. The minimum atomic E-state index is -0.178. The fourth-order valence-corrected chi connectivity index (χ4v) is 3.68. The topological polar surface area (TPSA) is 44.1 Å². The van der Waals surface area contributed by atoms with E-state index in [4.69, 9.17) is 27.9 Å². The summed E-state index contributed by atoms with van der Waals surface area (Å²) in [5.41, 5.74) is 2.97. The summed E-state index contributed by atoms with van der Waals surface area (Å²) in [4.78, 5) is 12.6. The Kier molecular flexibility index (Phi) is 6.41. The lowest BCUT2D eigenvalue weighted by Gasteiger charge is -2.09. The van der Waals surface area contributed by atoms with Crippen molar-refractivity contribution in [2.45, 2.75) is 6.61 Å². The van der Waals surface area contributed by atoms with Gasteiger partial charge in [0.1, 0.15) is 12.4 Å². The molecule has 0 spiro atoms. The van der Waals surface area contributed by atoms with Crippen LogP contribution in [0.3, 0.4) is 0 Å². The Hall–Kier alpha value is -2.35. The number of benzene rings is 3. The molecule has 3 aromatic carbocycles. The maximum absolute atomic E-state index is 12.6. The molecular formula is C23H15Cl2IN2O2. The predicted octanol–water partition coefficient (Wildman–Crippen LogP) is 6.73. The van der Waals surface area contributed by atoms with Gasteiger partial charge in [-0.2, -0.15) is 5.10 Å². The molecule has 4 nitrogen and oxygen atoms in total. The summed E-state index contributed by atoms with van der Waals surface area (Å²) in [5, 5.41) is 5.58. The number of rotatable bonds is 5. The summed E-state index contributed by atoms with van der Waals surface area (Å²) in [6.07, 6.45) is 1.66. The molecule has 0 unspecified atom stereocenters. The van der Waals surface area contributed by atoms with Crippen molar-refractivity contribution in [2.24, 2.45) is 0 Å². The number of hydrogen-bond acceptors (Lipinski definition) is 3. The van der Waals surface area contributed by atoms with Crippen molar-refractivity contribution in [3.63, 3.8) is 0 Å². The highest BCUT2D eigenvalue weighted by Gasteiger charge is 2.12. The van der Waals surface area contributed by atoms with Crippen LogP contribution in [0.4, 0.5) is 0 Å². The van der Waals surface area contributed by atoms with Crippen LogP contribution in [0.5, 0.6) is 5.75 Å². The van der Waals surface area contributed by atoms with Crippen molar-refractivity contribution in [2.75, 3.05) is 0 Å². The Morgan fingerprint density at radius 3 is 2.57 bits per heavy atom. The molecule has 0 aliphatic carbocycles. The highest BCUT2D eigenvalue weighted by Crippen LogP contribution is 2.26. The normalized spacial score (nSPS) is 10.8. The van der Waals surface area contributed by atoms with Crippen LogP contribution < -0.4 is 4.74 Å². The van der Waals surface area contributed by atoms with Crippen molar-refractivity contribution in [3.05, 3.63) is 104 Å². The highest BCUT2D eigenvalue weighted by molar-refractivity contribution is 14.1.